The number of rotatable bonds is 3. The van der Waals surface area contributed by atoms with Crippen molar-refractivity contribution in [1.29, 1.82) is 0 Å². The third kappa shape index (κ3) is 2.73. The monoisotopic (exact) mass is 283 g/mol. The molecule has 0 saturated carbocycles. The lowest BCUT2D eigenvalue weighted by atomic mass is 10.1. The number of aryl methyl sites for hydroxylation is 1. The van der Waals surface area contributed by atoms with E-state index in [1.54, 1.807) is 0 Å². The van der Waals surface area contributed by atoms with Crippen LogP contribution in [-0.2, 0) is 0 Å². The smallest absolute Gasteiger partial charge is 0.0618 e. The molecular weight excluding hydrogens is 266 g/mol. The van der Waals surface area contributed by atoms with Gasteiger partial charge in [0.1, 0.15) is 0 Å². The minimum atomic E-state index is 0.881. The van der Waals surface area contributed by atoms with Gasteiger partial charge >= 0.3 is 0 Å². The maximum Gasteiger partial charge on any atom is 0.0618 e. The van der Waals surface area contributed by atoms with E-state index in [4.69, 9.17) is 6.42 Å². The SMILES string of the molecule is C#Cc1ccccc1N(c1ccccc1)c1ccc(C)cc1. The molecule has 0 aliphatic rings. The molecular formula is C21H17N. The van der Waals surface area contributed by atoms with Crippen LogP contribution in [0.15, 0.2) is 78.9 Å². The zero-order valence-corrected chi connectivity index (χ0v) is 12.5. The summed E-state index contributed by atoms with van der Waals surface area (Å²) in [7, 11) is 0. The molecule has 0 spiro atoms. The first kappa shape index (κ1) is 14.0. The Balaban J connectivity index is 2.20. The largest absolute Gasteiger partial charge is 0.309 e. The van der Waals surface area contributed by atoms with Gasteiger partial charge in [-0.2, -0.15) is 0 Å². The fraction of sp³-hybridized carbons (Fsp3) is 0.0476. The van der Waals surface area contributed by atoms with E-state index in [0.29, 0.717) is 0 Å². The summed E-state index contributed by atoms with van der Waals surface area (Å²) in [6.45, 7) is 2.09. The molecule has 1 nitrogen and oxygen atoms in total. The quantitative estimate of drug-likeness (QED) is 0.578. The van der Waals surface area contributed by atoms with Crippen molar-refractivity contribution in [2.45, 2.75) is 6.92 Å². The number of nitrogens with zero attached hydrogens (tertiary/aromatic N) is 1. The lowest BCUT2D eigenvalue weighted by molar-refractivity contribution is 1.27. The van der Waals surface area contributed by atoms with Crippen molar-refractivity contribution in [3.05, 3.63) is 90.0 Å². The van der Waals surface area contributed by atoms with Crippen molar-refractivity contribution in [2.24, 2.45) is 0 Å². The van der Waals surface area contributed by atoms with Crippen molar-refractivity contribution in [2.75, 3.05) is 4.90 Å². The van der Waals surface area contributed by atoms with E-state index < -0.39 is 0 Å². The number of para-hydroxylation sites is 2. The minimum absolute atomic E-state index is 0.881. The van der Waals surface area contributed by atoms with Crippen LogP contribution in [0, 0.1) is 19.3 Å². The Morgan fingerprint density at radius 1 is 0.727 bits per heavy atom. The predicted octanol–water partition coefficient (Wildman–Crippen LogP) is 5.45. The van der Waals surface area contributed by atoms with Gasteiger partial charge < -0.3 is 4.90 Å². The van der Waals surface area contributed by atoms with Gasteiger partial charge in [-0.1, -0.05) is 53.9 Å². The molecule has 0 aliphatic carbocycles. The third-order valence-electron chi connectivity index (χ3n) is 3.61. The molecule has 0 unspecified atom stereocenters. The molecule has 0 fully saturated rings. The lowest BCUT2D eigenvalue weighted by Gasteiger charge is -2.26. The van der Waals surface area contributed by atoms with Gasteiger partial charge in [-0.25, -0.2) is 0 Å². The highest BCUT2D eigenvalue weighted by Gasteiger charge is 2.14. The molecule has 1 heteroatoms. The highest BCUT2D eigenvalue weighted by Crippen LogP contribution is 2.36. The van der Waals surface area contributed by atoms with E-state index in [1.165, 1.54) is 5.56 Å². The first-order chi connectivity index (χ1) is 10.8. The lowest BCUT2D eigenvalue weighted by Crippen LogP contribution is -2.11. The summed E-state index contributed by atoms with van der Waals surface area (Å²) in [4.78, 5) is 2.19. The first-order valence-corrected chi connectivity index (χ1v) is 7.27. The molecule has 0 heterocycles. The highest BCUT2D eigenvalue weighted by molar-refractivity contribution is 5.80. The van der Waals surface area contributed by atoms with Crippen LogP contribution in [0.1, 0.15) is 11.1 Å². The number of terminal acetylenes is 1. The van der Waals surface area contributed by atoms with Crippen molar-refractivity contribution >= 4 is 17.1 Å². The summed E-state index contributed by atoms with van der Waals surface area (Å²) < 4.78 is 0. The van der Waals surface area contributed by atoms with Gasteiger partial charge in [-0.15, -0.1) is 6.42 Å². The molecule has 3 aromatic carbocycles. The Hall–Kier alpha value is -2.98. The fourth-order valence-corrected chi connectivity index (χ4v) is 2.49. The Kier molecular flexibility index (Phi) is 3.94. The number of anilines is 3. The molecule has 0 aliphatic heterocycles. The molecule has 3 aromatic rings. The Bertz CT molecular complexity index is 795. The van der Waals surface area contributed by atoms with Gasteiger partial charge in [0.25, 0.3) is 0 Å². The molecule has 22 heavy (non-hydrogen) atoms. The topological polar surface area (TPSA) is 3.24 Å². The van der Waals surface area contributed by atoms with E-state index in [2.05, 4.69) is 60.2 Å². The van der Waals surface area contributed by atoms with Gasteiger partial charge in [-0.05, 0) is 43.3 Å². The van der Waals surface area contributed by atoms with Crippen molar-refractivity contribution < 1.29 is 0 Å². The second-order valence-corrected chi connectivity index (χ2v) is 5.17. The average Bonchev–Trinajstić information content (AvgIpc) is 2.58. The summed E-state index contributed by atoms with van der Waals surface area (Å²) in [5.74, 6) is 2.79. The molecule has 3 rings (SSSR count). The molecule has 0 aromatic heterocycles. The summed E-state index contributed by atoms with van der Waals surface area (Å²) in [6, 6.07) is 26.8. The summed E-state index contributed by atoms with van der Waals surface area (Å²) >= 11 is 0. The van der Waals surface area contributed by atoms with Gasteiger partial charge in [0.15, 0.2) is 0 Å². The standard InChI is InChI=1S/C21H17N/c1-3-18-9-7-8-12-21(18)22(19-10-5-4-6-11-19)20-15-13-17(2)14-16-20/h1,4-16H,2H3. The Morgan fingerprint density at radius 2 is 1.32 bits per heavy atom. The zero-order chi connectivity index (χ0) is 15.4. The Morgan fingerprint density at radius 3 is 2.00 bits per heavy atom. The molecule has 0 radical (unpaired) electrons. The second-order valence-electron chi connectivity index (χ2n) is 5.17. The van der Waals surface area contributed by atoms with Crippen molar-refractivity contribution in [3.8, 4) is 12.3 Å². The van der Waals surface area contributed by atoms with Crippen LogP contribution in [0.3, 0.4) is 0 Å². The van der Waals surface area contributed by atoms with Crippen molar-refractivity contribution in [1.82, 2.24) is 0 Å². The van der Waals surface area contributed by atoms with E-state index in [1.807, 2.05) is 36.4 Å². The molecule has 106 valence electrons. The van der Waals surface area contributed by atoms with E-state index in [-0.39, 0.29) is 0 Å². The minimum Gasteiger partial charge on any atom is -0.309 e. The maximum atomic E-state index is 5.69. The number of hydrogen-bond acceptors (Lipinski definition) is 1. The molecule has 0 saturated heterocycles. The highest BCUT2D eigenvalue weighted by atomic mass is 15.1. The van der Waals surface area contributed by atoms with Crippen molar-refractivity contribution in [3.63, 3.8) is 0 Å². The van der Waals surface area contributed by atoms with Crippen LogP contribution in [-0.4, -0.2) is 0 Å². The molecule has 0 amide bonds. The fourth-order valence-electron chi connectivity index (χ4n) is 2.49. The third-order valence-corrected chi connectivity index (χ3v) is 3.61. The van der Waals surface area contributed by atoms with E-state index >= 15 is 0 Å². The summed E-state index contributed by atoms with van der Waals surface area (Å²) in [6.07, 6.45) is 5.69. The van der Waals surface area contributed by atoms with Gasteiger partial charge in [0.2, 0.25) is 0 Å². The molecule has 0 atom stereocenters. The van der Waals surface area contributed by atoms with Crippen LogP contribution in [0.2, 0.25) is 0 Å². The Labute approximate surface area is 131 Å². The molecule has 0 N–H and O–H groups in total. The zero-order valence-electron chi connectivity index (χ0n) is 12.5. The summed E-state index contributed by atoms with van der Waals surface area (Å²) in [5.41, 5.74) is 5.32. The second kappa shape index (κ2) is 6.20. The molecule has 0 bridgehead atoms. The first-order valence-electron chi connectivity index (χ1n) is 7.27. The van der Waals surface area contributed by atoms with Crippen LogP contribution in [0.25, 0.3) is 0 Å². The maximum absolute atomic E-state index is 5.69. The van der Waals surface area contributed by atoms with Crippen LogP contribution < -0.4 is 4.90 Å². The van der Waals surface area contributed by atoms with E-state index in [0.717, 1.165) is 22.6 Å². The normalized spacial score (nSPS) is 10.0. The van der Waals surface area contributed by atoms with Crippen LogP contribution >= 0.6 is 0 Å². The number of benzene rings is 3. The average molecular weight is 283 g/mol. The van der Waals surface area contributed by atoms with Gasteiger partial charge in [0.05, 0.1) is 5.69 Å². The predicted molar refractivity (Wildman–Crippen MR) is 93.8 cm³/mol. The van der Waals surface area contributed by atoms with Gasteiger partial charge in [-0.3, -0.25) is 0 Å². The van der Waals surface area contributed by atoms with Crippen LogP contribution in [0.4, 0.5) is 17.1 Å². The van der Waals surface area contributed by atoms with E-state index in [9.17, 15) is 0 Å². The van der Waals surface area contributed by atoms with Gasteiger partial charge in [0, 0.05) is 16.9 Å². The summed E-state index contributed by atoms with van der Waals surface area (Å²) in [5, 5.41) is 0. The number of hydrogen-bond donors (Lipinski definition) is 0. The van der Waals surface area contributed by atoms with Crippen LogP contribution in [0.5, 0.6) is 0 Å².